The van der Waals surface area contributed by atoms with Gasteiger partial charge in [0.1, 0.15) is 13.2 Å². The maximum Gasteiger partial charge on any atom is 0.361 e. The van der Waals surface area contributed by atoms with Gasteiger partial charge in [-0.15, -0.1) is 0 Å². The lowest BCUT2D eigenvalue weighted by atomic mass is 10.0. The highest BCUT2D eigenvalue weighted by Crippen LogP contribution is 2.19. The lowest BCUT2D eigenvalue weighted by molar-refractivity contribution is -0.870. The van der Waals surface area contributed by atoms with Crippen LogP contribution in [0.15, 0.2) is 60.8 Å². The first-order valence-corrected chi connectivity index (χ1v) is 37.5. The molecule has 0 aliphatic carbocycles. The number of carbonyl (C=O) groups is 3. The van der Waals surface area contributed by atoms with Gasteiger partial charge >= 0.3 is 17.9 Å². The molecule has 9 heteroatoms. The first kappa shape index (κ1) is 84.0. The second-order valence-corrected chi connectivity index (χ2v) is 26.6. The van der Waals surface area contributed by atoms with Crippen LogP contribution in [-0.2, 0) is 33.3 Å². The molecule has 0 saturated heterocycles. The minimum Gasteiger partial charge on any atom is -0.477 e. The van der Waals surface area contributed by atoms with E-state index in [1.807, 2.05) is 21.1 Å². The van der Waals surface area contributed by atoms with Crippen molar-refractivity contribution < 1.29 is 42.9 Å². The number of carbonyl (C=O) groups excluding carboxylic acids is 2. The molecule has 0 aromatic carbocycles. The fourth-order valence-corrected chi connectivity index (χ4v) is 11.1. The Balaban J connectivity index is 4.02. The minimum atomic E-state index is -1.51. The Morgan fingerprint density at radius 1 is 0.356 bits per heavy atom. The van der Waals surface area contributed by atoms with Crippen LogP contribution in [0.4, 0.5) is 0 Å². The van der Waals surface area contributed by atoms with E-state index in [1.54, 1.807) is 0 Å². The number of hydrogen-bond acceptors (Lipinski definition) is 7. The molecule has 0 spiro atoms. The third-order valence-corrected chi connectivity index (χ3v) is 16.8. The summed E-state index contributed by atoms with van der Waals surface area (Å²) in [5.74, 6) is -1.98. The van der Waals surface area contributed by atoms with E-state index in [2.05, 4.69) is 74.6 Å². The van der Waals surface area contributed by atoms with Crippen LogP contribution in [0.5, 0.6) is 0 Å². The SMILES string of the molecule is CC/C=C\C/C=C\C/C=C\C/C=C\CCCCCCCCCCCCCCCCCCC(=O)OC(COC(=O)CCCCCCCCCCCCCCCCCCCCCCC/C=C\CCCCCCCCCC)COC(OCC[N+](C)(C)C)C(=O)O. The van der Waals surface area contributed by atoms with Gasteiger partial charge in [0.25, 0.3) is 6.29 Å². The molecule has 1 N–H and O–H groups in total. The summed E-state index contributed by atoms with van der Waals surface area (Å²) in [5, 5.41) is 9.76. The molecule has 9 nitrogen and oxygen atoms in total. The van der Waals surface area contributed by atoms with E-state index in [0.29, 0.717) is 17.4 Å². The maximum absolute atomic E-state index is 13.0. The molecule has 0 amide bonds. The smallest absolute Gasteiger partial charge is 0.361 e. The molecule has 0 rings (SSSR count). The van der Waals surface area contributed by atoms with Crippen molar-refractivity contribution in [3.8, 4) is 0 Å². The van der Waals surface area contributed by atoms with Gasteiger partial charge in [-0.3, -0.25) is 9.59 Å². The largest absolute Gasteiger partial charge is 0.477 e. The van der Waals surface area contributed by atoms with E-state index in [1.165, 1.54) is 270 Å². The van der Waals surface area contributed by atoms with Crippen molar-refractivity contribution in [2.24, 2.45) is 0 Å². The van der Waals surface area contributed by atoms with Crippen molar-refractivity contribution in [3.05, 3.63) is 60.8 Å². The molecule has 87 heavy (non-hydrogen) atoms. The summed E-state index contributed by atoms with van der Waals surface area (Å²) in [5.41, 5.74) is 0. The molecule has 0 aliphatic rings. The van der Waals surface area contributed by atoms with Crippen molar-refractivity contribution in [3.63, 3.8) is 0 Å². The number of nitrogens with zero attached hydrogens (tertiary/aromatic N) is 1. The van der Waals surface area contributed by atoms with E-state index in [-0.39, 0.29) is 38.2 Å². The quantitative estimate of drug-likeness (QED) is 0.0211. The Hall–Kier alpha value is -3.01. The van der Waals surface area contributed by atoms with E-state index < -0.39 is 18.4 Å². The van der Waals surface area contributed by atoms with Crippen molar-refractivity contribution >= 4 is 17.9 Å². The van der Waals surface area contributed by atoms with Crippen molar-refractivity contribution in [2.75, 3.05) is 47.5 Å². The average molecular weight is 1220 g/mol. The summed E-state index contributed by atoms with van der Waals surface area (Å²) >= 11 is 0. The van der Waals surface area contributed by atoms with Crippen LogP contribution in [-0.4, -0.2) is 87.4 Å². The number of ether oxygens (including phenoxy) is 4. The third-order valence-electron chi connectivity index (χ3n) is 16.8. The highest BCUT2D eigenvalue weighted by Gasteiger charge is 2.25. The average Bonchev–Trinajstić information content (AvgIpc) is 3.57. The Labute approximate surface area is 539 Å². The van der Waals surface area contributed by atoms with Crippen molar-refractivity contribution in [1.82, 2.24) is 0 Å². The van der Waals surface area contributed by atoms with Gasteiger partial charge in [0.2, 0.25) is 0 Å². The summed E-state index contributed by atoms with van der Waals surface area (Å²) in [6.07, 6.45) is 87.9. The number of allylic oxidation sites excluding steroid dienone is 10. The maximum atomic E-state index is 13.0. The fraction of sp³-hybridized carbons (Fsp3) is 0.833. The Morgan fingerprint density at radius 2 is 0.655 bits per heavy atom. The van der Waals surface area contributed by atoms with Gasteiger partial charge in [0.15, 0.2) is 6.10 Å². The first-order chi connectivity index (χ1) is 42.6. The Bertz CT molecular complexity index is 1610. The fourth-order valence-electron chi connectivity index (χ4n) is 11.1. The number of rotatable bonds is 70. The normalized spacial score (nSPS) is 13.0. The van der Waals surface area contributed by atoms with Crippen molar-refractivity contribution in [1.29, 1.82) is 0 Å². The molecule has 2 atom stereocenters. The van der Waals surface area contributed by atoms with E-state index in [0.717, 1.165) is 64.2 Å². The molecule has 0 aromatic heterocycles. The van der Waals surface area contributed by atoms with Crippen LogP contribution >= 0.6 is 0 Å². The van der Waals surface area contributed by atoms with Crippen LogP contribution in [0.25, 0.3) is 0 Å². The summed E-state index contributed by atoms with van der Waals surface area (Å²) in [4.78, 5) is 37.7. The van der Waals surface area contributed by atoms with E-state index in [9.17, 15) is 19.5 Å². The zero-order valence-corrected chi connectivity index (χ0v) is 58.2. The number of carboxylic acids is 1. The molecule has 0 heterocycles. The lowest BCUT2D eigenvalue weighted by Gasteiger charge is -2.25. The summed E-state index contributed by atoms with van der Waals surface area (Å²) < 4.78 is 23.0. The molecule has 0 saturated carbocycles. The number of hydrogen-bond donors (Lipinski definition) is 1. The third kappa shape index (κ3) is 70.3. The standard InChI is InChI=1S/C78H143NO8/c1-6-8-10-12-14-16-18-20-22-24-26-28-30-32-34-36-37-38-39-41-42-44-46-48-50-52-54-56-58-60-62-64-66-68-75(80)85-72-74(73-86-78(77(82)83)84-71-70-79(3,4)5)87-76(81)69-67-65-63-61-59-57-55-53-51-49-47-45-43-40-35-33-31-29-27-25-23-21-19-17-15-13-11-9-7-2/h9,11,15,17,21,23-24,26-27,29,74,78H,6-8,10,12-14,16,18-20,22,25,28,30-73H2,1-5H3/p+1/b11-9-,17-15-,23-21-,26-24-,29-27-. The molecular weight excluding hydrogens is 1080 g/mol. The minimum absolute atomic E-state index is 0.178. The predicted molar refractivity (Wildman–Crippen MR) is 373 cm³/mol. The highest BCUT2D eigenvalue weighted by atomic mass is 16.7. The van der Waals surface area contributed by atoms with Gasteiger partial charge in [0.05, 0.1) is 34.4 Å². The van der Waals surface area contributed by atoms with Crippen LogP contribution in [0.2, 0.25) is 0 Å². The van der Waals surface area contributed by atoms with Crippen LogP contribution in [0.1, 0.15) is 361 Å². The molecule has 2 unspecified atom stereocenters. The van der Waals surface area contributed by atoms with Gasteiger partial charge in [0, 0.05) is 12.8 Å². The molecule has 0 aromatic rings. The van der Waals surface area contributed by atoms with Crippen LogP contribution in [0.3, 0.4) is 0 Å². The van der Waals surface area contributed by atoms with Gasteiger partial charge in [-0.25, -0.2) is 4.79 Å². The monoisotopic (exact) mass is 1220 g/mol. The molecular formula is C78H144NO8+. The van der Waals surface area contributed by atoms with E-state index >= 15 is 0 Å². The second kappa shape index (κ2) is 68.9. The predicted octanol–water partition coefficient (Wildman–Crippen LogP) is 23.5. The zero-order chi connectivity index (χ0) is 63.3. The summed E-state index contributed by atoms with van der Waals surface area (Å²) in [6, 6.07) is 0. The molecule has 0 aliphatic heterocycles. The Morgan fingerprint density at radius 3 is 0.989 bits per heavy atom. The first-order valence-electron chi connectivity index (χ1n) is 37.5. The topological polar surface area (TPSA) is 108 Å². The van der Waals surface area contributed by atoms with Crippen LogP contribution < -0.4 is 0 Å². The van der Waals surface area contributed by atoms with Gasteiger partial charge in [-0.05, 0) is 77.0 Å². The van der Waals surface area contributed by atoms with Crippen LogP contribution in [0, 0.1) is 0 Å². The number of esters is 2. The molecule has 0 fully saturated rings. The lowest BCUT2D eigenvalue weighted by Crippen LogP contribution is -2.40. The molecule has 0 radical (unpaired) electrons. The summed E-state index contributed by atoms with van der Waals surface area (Å²) in [6.45, 7) is 4.82. The number of aliphatic carboxylic acids is 1. The van der Waals surface area contributed by atoms with E-state index in [4.69, 9.17) is 18.9 Å². The van der Waals surface area contributed by atoms with Gasteiger partial charge in [-0.1, -0.05) is 331 Å². The zero-order valence-electron chi connectivity index (χ0n) is 58.2. The van der Waals surface area contributed by atoms with Gasteiger partial charge < -0.3 is 28.5 Å². The second-order valence-electron chi connectivity index (χ2n) is 26.6. The Kier molecular flexibility index (Phi) is 66.5. The number of unbranched alkanes of at least 4 members (excludes halogenated alkanes) is 45. The highest BCUT2D eigenvalue weighted by molar-refractivity contribution is 5.71. The van der Waals surface area contributed by atoms with Crippen molar-refractivity contribution in [2.45, 2.75) is 373 Å². The molecule has 0 bridgehead atoms. The molecule has 508 valence electrons. The van der Waals surface area contributed by atoms with Gasteiger partial charge in [-0.2, -0.15) is 0 Å². The number of carboxylic acid groups (broad SMARTS) is 1. The summed E-state index contributed by atoms with van der Waals surface area (Å²) in [7, 11) is 5.99. The number of likely N-dealkylation sites (N-methyl/N-ethyl adjacent to an activating group) is 1. The number of quaternary nitrogens is 1.